The van der Waals surface area contributed by atoms with E-state index in [0.717, 1.165) is 22.9 Å². The Hall–Kier alpha value is -3.12. The molecule has 2 heterocycles. The Balaban J connectivity index is 0.000000588. The third-order valence-corrected chi connectivity index (χ3v) is 5.92. The molecule has 1 unspecified atom stereocenters. The summed E-state index contributed by atoms with van der Waals surface area (Å²) in [6, 6.07) is 9.76. The molecule has 0 fully saturated rings. The van der Waals surface area contributed by atoms with E-state index in [0.29, 0.717) is 34.4 Å². The number of amidine groups is 1. The third-order valence-electron chi connectivity index (χ3n) is 5.56. The highest BCUT2D eigenvalue weighted by atomic mass is 35.5. The zero-order chi connectivity index (χ0) is 24.7. The fourth-order valence-corrected chi connectivity index (χ4v) is 3.93. The van der Waals surface area contributed by atoms with Gasteiger partial charge >= 0.3 is 0 Å². The summed E-state index contributed by atoms with van der Waals surface area (Å²) in [5, 5.41) is 10.1. The van der Waals surface area contributed by atoms with Gasteiger partial charge in [0.2, 0.25) is 0 Å². The number of hydrogen-bond donors (Lipinski definition) is 3. The molecule has 0 spiro atoms. The zero-order valence-corrected chi connectivity index (χ0v) is 20.6. The highest BCUT2D eigenvalue weighted by Gasteiger charge is 2.25. The second-order valence-corrected chi connectivity index (χ2v) is 8.52. The summed E-state index contributed by atoms with van der Waals surface area (Å²) in [5.41, 5.74) is 3.50. The van der Waals surface area contributed by atoms with Crippen molar-refractivity contribution in [3.63, 3.8) is 0 Å². The van der Waals surface area contributed by atoms with Gasteiger partial charge in [-0.25, -0.2) is 13.8 Å². The van der Waals surface area contributed by atoms with Crippen LogP contribution in [0.2, 0.25) is 0 Å². The summed E-state index contributed by atoms with van der Waals surface area (Å²) >= 11 is 6.33. The number of hydrogen-bond acceptors (Lipinski definition) is 4. The summed E-state index contributed by atoms with van der Waals surface area (Å²) in [6.07, 6.45) is 7.53. The summed E-state index contributed by atoms with van der Waals surface area (Å²) in [5.74, 6) is -0.745. The van der Waals surface area contributed by atoms with Crippen molar-refractivity contribution in [1.29, 1.82) is 0 Å². The topological polar surface area (TPSA) is 48.5 Å². The Kier molecular flexibility index (Phi) is 8.88. The van der Waals surface area contributed by atoms with Crippen LogP contribution in [0.5, 0.6) is 0 Å². The van der Waals surface area contributed by atoms with Crippen molar-refractivity contribution in [3.05, 3.63) is 94.2 Å². The number of anilines is 1. The van der Waals surface area contributed by atoms with Crippen LogP contribution >= 0.6 is 11.6 Å². The van der Waals surface area contributed by atoms with Gasteiger partial charge in [-0.05, 0) is 30.7 Å². The van der Waals surface area contributed by atoms with Crippen molar-refractivity contribution in [2.24, 2.45) is 4.99 Å². The first kappa shape index (κ1) is 25.5. The number of aliphatic imine (C=N–C) groups is 1. The molecule has 180 valence electrons. The predicted molar refractivity (Wildman–Crippen MR) is 139 cm³/mol. The van der Waals surface area contributed by atoms with Gasteiger partial charge in [-0.3, -0.25) is 0 Å². The number of halogens is 3. The molecule has 4 rings (SSSR count). The van der Waals surface area contributed by atoms with E-state index in [9.17, 15) is 8.78 Å². The van der Waals surface area contributed by atoms with Gasteiger partial charge in [-0.15, -0.1) is 0 Å². The number of para-hydroxylation sites is 1. The van der Waals surface area contributed by atoms with Gasteiger partial charge < -0.3 is 16.0 Å². The Morgan fingerprint density at radius 3 is 2.62 bits per heavy atom. The van der Waals surface area contributed by atoms with Crippen LogP contribution in [0, 0.1) is 18.6 Å². The molecule has 0 amide bonds. The molecule has 0 saturated heterocycles. The van der Waals surface area contributed by atoms with Crippen LogP contribution in [-0.4, -0.2) is 18.5 Å². The molecule has 3 N–H and O–H groups in total. The first-order valence-corrected chi connectivity index (χ1v) is 11.9. The molecule has 34 heavy (non-hydrogen) atoms. The maximum absolute atomic E-state index is 14.0. The van der Waals surface area contributed by atoms with Crippen molar-refractivity contribution in [2.75, 3.05) is 11.9 Å². The second-order valence-electron chi connectivity index (χ2n) is 8.14. The SMILES string of the molecule is C=C(NC1=NC(C2=C(Cl)NCC=C2)Nc2ccccc21)c1cc(F)cc(F)c1C.CCCCC. The minimum absolute atomic E-state index is 0.313. The summed E-state index contributed by atoms with van der Waals surface area (Å²) in [7, 11) is 0. The minimum Gasteiger partial charge on any atom is -0.372 e. The summed E-state index contributed by atoms with van der Waals surface area (Å²) in [6.45, 7) is 10.6. The van der Waals surface area contributed by atoms with Crippen molar-refractivity contribution >= 4 is 28.8 Å². The van der Waals surface area contributed by atoms with E-state index in [-0.39, 0.29) is 0 Å². The van der Waals surface area contributed by atoms with E-state index < -0.39 is 17.8 Å². The number of fused-ring (bicyclic) bond motifs is 1. The van der Waals surface area contributed by atoms with E-state index in [4.69, 9.17) is 16.6 Å². The second kappa shape index (κ2) is 11.8. The number of nitrogens with zero attached hydrogens (tertiary/aromatic N) is 1. The van der Waals surface area contributed by atoms with E-state index in [1.54, 1.807) is 6.92 Å². The molecule has 7 heteroatoms. The molecule has 2 aromatic carbocycles. The van der Waals surface area contributed by atoms with Crippen LogP contribution in [-0.2, 0) is 0 Å². The Labute approximate surface area is 205 Å². The van der Waals surface area contributed by atoms with Crippen LogP contribution in [0.3, 0.4) is 0 Å². The lowest BCUT2D eigenvalue weighted by atomic mass is 10.0. The molecule has 4 nitrogen and oxygen atoms in total. The minimum atomic E-state index is -0.660. The van der Waals surface area contributed by atoms with Crippen molar-refractivity contribution in [1.82, 2.24) is 10.6 Å². The molecule has 2 aromatic rings. The van der Waals surface area contributed by atoms with Gasteiger partial charge in [-0.2, -0.15) is 0 Å². The van der Waals surface area contributed by atoms with E-state index in [1.165, 1.54) is 25.3 Å². The fraction of sp³-hybridized carbons (Fsp3) is 0.296. The van der Waals surface area contributed by atoms with Gasteiger partial charge in [0.15, 0.2) is 0 Å². The van der Waals surface area contributed by atoms with Gasteiger partial charge in [-0.1, -0.05) is 75.6 Å². The standard InChI is InChI=1S/C22H19ClF2N4.C5H12/c1-12-17(10-14(24)11-18(12)25)13(2)27-21-15-6-3-4-8-19(15)28-22(29-21)16-7-5-9-26-20(16)23;1-3-5-4-2/h3-8,10-11,22,26,28H,2,9H2,1H3,(H,27,29);3-5H2,1-2H3. The predicted octanol–water partition coefficient (Wildman–Crippen LogP) is 6.84. The smallest absolute Gasteiger partial charge is 0.150 e. The van der Waals surface area contributed by atoms with Gasteiger partial charge in [0.1, 0.15) is 28.8 Å². The largest absolute Gasteiger partial charge is 0.372 e. The van der Waals surface area contributed by atoms with Crippen molar-refractivity contribution in [2.45, 2.75) is 46.2 Å². The van der Waals surface area contributed by atoms with Gasteiger partial charge in [0.05, 0.1) is 0 Å². The normalized spacial score (nSPS) is 16.4. The molecular formula is C27H31ClF2N4. The van der Waals surface area contributed by atoms with Crippen LogP contribution in [0.1, 0.15) is 49.8 Å². The lowest BCUT2D eigenvalue weighted by Gasteiger charge is -2.29. The van der Waals surface area contributed by atoms with Gasteiger partial charge in [0.25, 0.3) is 0 Å². The molecule has 0 saturated carbocycles. The summed E-state index contributed by atoms with van der Waals surface area (Å²) in [4.78, 5) is 4.75. The summed E-state index contributed by atoms with van der Waals surface area (Å²) < 4.78 is 27.7. The first-order chi connectivity index (χ1) is 16.3. The molecule has 2 aliphatic heterocycles. The van der Waals surface area contributed by atoms with E-state index >= 15 is 0 Å². The third kappa shape index (κ3) is 6.06. The Morgan fingerprint density at radius 1 is 1.21 bits per heavy atom. The monoisotopic (exact) mass is 484 g/mol. The highest BCUT2D eigenvalue weighted by Crippen LogP contribution is 2.29. The molecule has 0 bridgehead atoms. The molecule has 0 aromatic heterocycles. The Morgan fingerprint density at radius 2 is 1.94 bits per heavy atom. The average molecular weight is 485 g/mol. The molecule has 0 aliphatic carbocycles. The quantitative estimate of drug-likeness (QED) is 0.407. The lowest BCUT2D eigenvalue weighted by molar-refractivity contribution is 0.576. The lowest BCUT2D eigenvalue weighted by Crippen LogP contribution is -2.35. The molecule has 1 atom stereocenters. The maximum atomic E-state index is 14.0. The maximum Gasteiger partial charge on any atom is 0.150 e. The molecule has 2 aliphatic rings. The number of unbranched alkanes of at least 4 members (excludes halogenated alkanes) is 2. The van der Waals surface area contributed by atoms with Crippen LogP contribution in [0.4, 0.5) is 14.5 Å². The van der Waals surface area contributed by atoms with Crippen LogP contribution in [0.25, 0.3) is 5.70 Å². The molecular weight excluding hydrogens is 454 g/mol. The van der Waals surface area contributed by atoms with Crippen molar-refractivity contribution in [3.8, 4) is 0 Å². The van der Waals surface area contributed by atoms with Crippen molar-refractivity contribution < 1.29 is 8.78 Å². The highest BCUT2D eigenvalue weighted by molar-refractivity contribution is 6.30. The molecule has 0 radical (unpaired) electrons. The zero-order valence-electron chi connectivity index (χ0n) is 19.8. The van der Waals surface area contributed by atoms with Crippen LogP contribution in [0.15, 0.2) is 70.9 Å². The van der Waals surface area contributed by atoms with Gasteiger partial charge in [0, 0.05) is 40.7 Å². The fourth-order valence-electron chi connectivity index (χ4n) is 3.68. The van der Waals surface area contributed by atoms with E-state index in [2.05, 4.69) is 36.4 Å². The Bertz CT molecular complexity index is 1140. The number of rotatable bonds is 5. The number of benzene rings is 2. The average Bonchev–Trinajstić information content (AvgIpc) is 2.82. The number of nitrogens with one attached hydrogen (secondary N) is 3. The van der Waals surface area contributed by atoms with E-state index in [1.807, 2.05) is 36.4 Å². The number of dihydropyridines is 1. The van der Waals surface area contributed by atoms with Crippen LogP contribution < -0.4 is 16.0 Å². The first-order valence-electron chi connectivity index (χ1n) is 11.5.